The molecule has 3 heteroatoms. The maximum absolute atomic E-state index is 6.26. The maximum atomic E-state index is 6.26. The lowest BCUT2D eigenvalue weighted by Crippen LogP contribution is -2.61. The van der Waals surface area contributed by atoms with Crippen LogP contribution in [0, 0.1) is 11.8 Å². The van der Waals surface area contributed by atoms with Crippen LogP contribution in [0.1, 0.15) is 52.4 Å². The zero-order valence-corrected chi connectivity index (χ0v) is 12.7. The van der Waals surface area contributed by atoms with Crippen molar-refractivity contribution in [1.82, 2.24) is 4.90 Å². The van der Waals surface area contributed by atoms with E-state index in [1.807, 2.05) is 0 Å². The predicted molar refractivity (Wildman–Crippen MR) is 78.1 cm³/mol. The van der Waals surface area contributed by atoms with Gasteiger partial charge in [-0.2, -0.15) is 0 Å². The van der Waals surface area contributed by atoms with Crippen molar-refractivity contribution in [3.8, 4) is 0 Å². The first kappa shape index (κ1) is 13.8. The Morgan fingerprint density at radius 1 is 1.11 bits per heavy atom. The van der Waals surface area contributed by atoms with Crippen molar-refractivity contribution in [2.75, 3.05) is 26.2 Å². The number of hydrogen-bond acceptors (Lipinski definition) is 3. The van der Waals surface area contributed by atoms with Crippen molar-refractivity contribution < 1.29 is 4.74 Å². The first-order chi connectivity index (χ1) is 9.03. The van der Waals surface area contributed by atoms with Crippen molar-refractivity contribution in [2.45, 2.75) is 63.5 Å². The fourth-order valence-electron chi connectivity index (χ4n) is 3.71. The lowest BCUT2D eigenvalue weighted by atomic mass is 9.79. The molecule has 0 aromatic rings. The van der Waals surface area contributed by atoms with Crippen LogP contribution >= 0.6 is 0 Å². The normalized spacial score (nSPS) is 34.7. The van der Waals surface area contributed by atoms with Crippen molar-refractivity contribution in [1.29, 1.82) is 0 Å². The Morgan fingerprint density at radius 3 is 2.11 bits per heavy atom. The second-order valence-electron chi connectivity index (χ2n) is 7.76. The van der Waals surface area contributed by atoms with Gasteiger partial charge in [-0.05, 0) is 64.2 Å². The van der Waals surface area contributed by atoms with Crippen molar-refractivity contribution in [2.24, 2.45) is 17.6 Å². The summed E-state index contributed by atoms with van der Waals surface area (Å²) in [5, 5.41) is 0. The first-order valence-corrected chi connectivity index (χ1v) is 8.12. The predicted octanol–water partition coefficient (Wildman–Crippen LogP) is 2.39. The second-order valence-corrected chi connectivity index (χ2v) is 7.76. The van der Waals surface area contributed by atoms with Crippen LogP contribution in [-0.4, -0.2) is 42.3 Å². The molecule has 3 aliphatic rings. The van der Waals surface area contributed by atoms with Gasteiger partial charge in [0.2, 0.25) is 0 Å². The number of nitrogens with two attached hydrogens (primary N) is 1. The topological polar surface area (TPSA) is 38.5 Å². The smallest absolute Gasteiger partial charge is 0.0644 e. The van der Waals surface area contributed by atoms with Crippen LogP contribution in [0.4, 0.5) is 0 Å². The number of ether oxygens (including phenoxy) is 1. The monoisotopic (exact) mass is 266 g/mol. The molecule has 0 bridgehead atoms. The minimum absolute atomic E-state index is 0.0109. The van der Waals surface area contributed by atoms with Crippen molar-refractivity contribution >= 4 is 0 Å². The third kappa shape index (κ3) is 3.32. The summed E-state index contributed by atoms with van der Waals surface area (Å²) in [6, 6.07) is 0. The van der Waals surface area contributed by atoms with E-state index in [9.17, 15) is 0 Å². The molecule has 3 fully saturated rings. The van der Waals surface area contributed by atoms with Crippen LogP contribution in [0.25, 0.3) is 0 Å². The summed E-state index contributed by atoms with van der Waals surface area (Å²) in [6.07, 6.45) is 7.94. The molecule has 0 aromatic carbocycles. The zero-order valence-electron chi connectivity index (χ0n) is 12.7. The quantitative estimate of drug-likeness (QED) is 0.802. The third-order valence-electron chi connectivity index (χ3n) is 5.22. The SMILES string of the molecule is CC1(C)CC(CN)(N(CC2CC2)CC2CC2)CCO1. The Balaban J connectivity index is 1.74. The van der Waals surface area contributed by atoms with Crippen LogP contribution in [0.3, 0.4) is 0 Å². The number of hydrogen-bond donors (Lipinski definition) is 1. The molecule has 110 valence electrons. The maximum Gasteiger partial charge on any atom is 0.0644 e. The Kier molecular flexibility index (Phi) is 3.65. The molecular weight excluding hydrogens is 236 g/mol. The van der Waals surface area contributed by atoms with Gasteiger partial charge in [0.05, 0.1) is 5.60 Å². The Bertz CT molecular complexity index is 309. The Labute approximate surface area is 117 Å². The number of nitrogens with zero attached hydrogens (tertiary/aromatic N) is 1. The third-order valence-corrected chi connectivity index (χ3v) is 5.22. The fraction of sp³-hybridized carbons (Fsp3) is 1.00. The standard InChI is InChI=1S/C16H30N2O/c1-15(2)11-16(12-17,7-8-19-15)18(9-13-3-4-13)10-14-5-6-14/h13-14H,3-12,17H2,1-2H3. The van der Waals surface area contributed by atoms with Gasteiger partial charge in [-0.25, -0.2) is 0 Å². The molecule has 2 saturated carbocycles. The highest BCUT2D eigenvalue weighted by molar-refractivity contribution is 5.01. The van der Waals surface area contributed by atoms with E-state index in [0.29, 0.717) is 0 Å². The summed E-state index contributed by atoms with van der Waals surface area (Å²) in [7, 11) is 0. The highest BCUT2D eigenvalue weighted by atomic mass is 16.5. The lowest BCUT2D eigenvalue weighted by molar-refractivity contribution is -0.119. The molecule has 3 nitrogen and oxygen atoms in total. The van der Waals surface area contributed by atoms with E-state index in [4.69, 9.17) is 10.5 Å². The van der Waals surface area contributed by atoms with Crippen molar-refractivity contribution in [3.63, 3.8) is 0 Å². The molecule has 1 saturated heterocycles. The minimum atomic E-state index is -0.0109. The number of rotatable bonds is 6. The fourth-order valence-corrected chi connectivity index (χ4v) is 3.71. The van der Waals surface area contributed by atoms with Crippen LogP contribution < -0.4 is 5.73 Å². The van der Waals surface area contributed by atoms with Gasteiger partial charge in [-0.3, -0.25) is 4.90 Å². The summed E-state index contributed by atoms with van der Waals surface area (Å²) < 4.78 is 5.93. The molecule has 1 unspecified atom stereocenters. The Hall–Kier alpha value is -0.120. The van der Waals surface area contributed by atoms with Gasteiger partial charge in [0.15, 0.2) is 0 Å². The molecular formula is C16H30N2O. The van der Waals surface area contributed by atoms with E-state index in [1.165, 1.54) is 38.8 Å². The van der Waals surface area contributed by atoms with E-state index in [2.05, 4.69) is 18.7 Å². The highest BCUT2D eigenvalue weighted by Crippen LogP contribution is 2.41. The van der Waals surface area contributed by atoms with E-state index in [0.717, 1.165) is 37.8 Å². The molecule has 3 rings (SSSR count). The van der Waals surface area contributed by atoms with Gasteiger partial charge in [0, 0.05) is 31.8 Å². The summed E-state index contributed by atoms with van der Waals surface area (Å²) in [6.45, 7) is 8.68. The van der Waals surface area contributed by atoms with E-state index in [1.54, 1.807) is 0 Å². The Morgan fingerprint density at radius 2 is 1.68 bits per heavy atom. The lowest BCUT2D eigenvalue weighted by Gasteiger charge is -2.51. The summed E-state index contributed by atoms with van der Waals surface area (Å²) in [4.78, 5) is 2.77. The molecule has 2 aliphatic carbocycles. The van der Waals surface area contributed by atoms with E-state index in [-0.39, 0.29) is 11.1 Å². The molecule has 1 heterocycles. The van der Waals surface area contributed by atoms with Crippen LogP contribution in [0.5, 0.6) is 0 Å². The van der Waals surface area contributed by atoms with Gasteiger partial charge in [0.25, 0.3) is 0 Å². The average molecular weight is 266 g/mol. The molecule has 19 heavy (non-hydrogen) atoms. The molecule has 0 radical (unpaired) electrons. The summed E-state index contributed by atoms with van der Waals surface area (Å²) >= 11 is 0. The molecule has 1 aliphatic heterocycles. The summed E-state index contributed by atoms with van der Waals surface area (Å²) in [5.41, 5.74) is 6.45. The molecule has 0 aromatic heterocycles. The molecule has 0 amide bonds. The highest BCUT2D eigenvalue weighted by Gasteiger charge is 2.46. The van der Waals surface area contributed by atoms with Gasteiger partial charge in [0.1, 0.15) is 0 Å². The second kappa shape index (κ2) is 5.01. The average Bonchev–Trinajstić information content (AvgIpc) is 3.21. The van der Waals surface area contributed by atoms with Gasteiger partial charge in [-0.1, -0.05) is 0 Å². The van der Waals surface area contributed by atoms with Crippen LogP contribution in [0.15, 0.2) is 0 Å². The van der Waals surface area contributed by atoms with Crippen LogP contribution in [0.2, 0.25) is 0 Å². The van der Waals surface area contributed by atoms with E-state index < -0.39 is 0 Å². The molecule has 0 spiro atoms. The minimum Gasteiger partial charge on any atom is -0.375 e. The van der Waals surface area contributed by atoms with E-state index >= 15 is 0 Å². The van der Waals surface area contributed by atoms with Crippen LogP contribution in [-0.2, 0) is 4.74 Å². The zero-order chi connectivity index (χ0) is 13.5. The molecule has 2 N–H and O–H groups in total. The largest absolute Gasteiger partial charge is 0.375 e. The molecule has 1 atom stereocenters. The van der Waals surface area contributed by atoms with Crippen molar-refractivity contribution in [3.05, 3.63) is 0 Å². The van der Waals surface area contributed by atoms with Gasteiger partial charge in [-0.15, -0.1) is 0 Å². The summed E-state index contributed by atoms with van der Waals surface area (Å²) in [5.74, 6) is 1.90. The van der Waals surface area contributed by atoms with Gasteiger partial charge >= 0.3 is 0 Å². The first-order valence-electron chi connectivity index (χ1n) is 8.12. The van der Waals surface area contributed by atoms with Gasteiger partial charge < -0.3 is 10.5 Å².